The van der Waals surface area contributed by atoms with Gasteiger partial charge in [0.1, 0.15) is 24.2 Å². The Balaban J connectivity index is 1.83. The highest BCUT2D eigenvalue weighted by atomic mass is 32.2. The summed E-state index contributed by atoms with van der Waals surface area (Å²) in [5.74, 6) is -0.453. The Bertz CT molecular complexity index is 1820. The molecule has 0 aliphatic rings. The monoisotopic (exact) mass is 705 g/mol. The first-order valence-electron chi connectivity index (χ1n) is 16.4. The van der Waals surface area contributed by atoms with Gasteiger partial charge in [-0.25, -0.2) is 12.8 Å². The van der Waals surface area contributed by atoms with Crippen LogP contribution in [0.4, 0.5) is 10.1 Å². The summed E-state index contributed by atoms with van der Waals surface area (Å²) in [5.41, 5.74) is 1.56. The van der Waals surface area contributed by atoms with E-state index in [4.69, 9.17) is 14.2 Å². The second-order valence-corrected chi connectivity index (χ2v) is 13.5. The number of amides is 2. The molecule has 0 radical (unpaired) electrons. The molecule has 2 amide bonds. The van der Waals surface area contributed by atoms with Gasteiger partial charge in [-0.05, 0) is 79.9 Å². The lowest BCUT2D eigenvalue weighted by Gasteiger charge is -2.34. The van der Waals surface area contributed by atoms with Gasteiger partial charge < -0.3 is 24.4 Å². The Labute approximate surface area is 293 Å². The molecule has 0 bridgehead atoms. The van der Waals surface area contributed by atoms with E-state index in [1.165, 1.54) is 61.6 Å². The molecular formula is C38H44FN3O7S. The van der Waals surface area contributed by atoms with Gasteiger partial charge in [-0.2, -0.15) is 0 Å². The fourth-order valence-corrected chi connectivity index (χ4v) is 6.72. The van der Waals surface area contributed by atoms with Crippen molar-refractivity contribution in [3.8, 4) is 17.2 Å². The van der Waals surface area contributed by atoms with Crippen molar-refractivity contribution in [3.05, 3.63) is 114 Å². The van der Waals surface area contributed by atoms with E-state index >= 15 is 0 Å². The second-order valence-electron chi connectivity index (χ2n) is 11.6. The van der Waals surface area contributed by atoms with E-state index in [0.29, 0.717) is 30.1 Å². The van der Waals surface area contributed by atoms with Gasteiger partial charge in [0, 0.05) is 25.1 Å². The number of methoxy groups -OCH3 is 2. The Kier molecular flexibility index (Phi) is 13.2. The molecule has 4 aromatic carbocycles. The van der Waals surface area contributed by atoms with Crippen molar-refractivity contribution in [1.82, 2.24) is 10.2 Å². The van der Waals surface area contributed by atoms with Gasteiger partial charge in [0.05, 0.1) is 31.4 Å². The van der Waals surface area contributed by atoms with Crippen LogP contribution in [0.25, 0.3) is 0 Å². The van der Waals surface area contributed by atoms with Gasteiger partial charge in [-0.15, -0.1) is 0 Å². The van der Waals surface area contributed by atoms with Crippen molar-refractivity contribution in [2.24, 2.45) is 0 Å². The molecule has 2 atom stereocenters. The number of carbonyl (C=O) groups is 2. The molecule has 266 valence electrons. The highest BCUT2D eigenvalue weighted by Crippen LogP contribution is 2.33. The Hall–Kier alpha value is -5.10. The van der Waals surface area contributed by atoms with Gasteiger partial charge in [0.25, 0.3) is 10.0 Å². The number of nitrogens with one attached hydrogen (secondary N) is 1. The van der Waals surface area contributed by atoms with Gasteiger partial charge in [-0.3, -0.25) is 13.9 Å². The lowest BCUT2D eigenvalue weighted by atomic mass is 10.0. The maximum absolute atomic E-state index is 14.7. The number of hydrogen-bond donors (Lipinski definition) is 1. The maximum atomic E-state index is 14.7. The first-order chi connectivity index (χ1) is 24.0. The lowest BCUT2D eigenvalue weighted by Crippen LogP contribution is -2.54. The summed E-state index contributed by atoms with van der Waals surface area (Å²) in [6, 6.07) is 24.2. The topological polar surface area (TPSA) is 114 Å². The Morgan fingerprint density at radius 3 is 2.10 bits per heavy atom. The molecule has 0 saturated heterocycles. The number of anilines is 1. The number of carbonyl (C=O) groups excluding carboxylic acids is 2. The maximum Gasteiger partial charge on any atom is 0.264 e. The zero-order chi connectivity index (χ0) is 36.3. The van der Waals surface area contributed by atoms with Crippen LogP contribution in [0.1, 0.15) is 38.3 Å². The summed E-state index contributed by atoms with van der Waals surface area (Å²) in [5, 5.41) is 3.00. The molecule has 0 fully saturated rings. The highest BCUT2D eigenvalue weighted by molar-refractivity contribution is 7.92. The number of rotatable bonds is 17. The summed E-state index contributed by atoms with van der Waals surface area (Å²) in [6.45, 7) is 5.30. The Morgan fingerprint density at radius 2 is 1.50 bits per heavy atom. The van der Waals surface area contributed by atoms with E-state index in [1.807, 2.05) is 51.1 Å². The number of nitrogens with zero attached hydrogens (tertiary/aromatic N) is 2. The Morgan fingerprint density at radius 1 is 0.840 bits per heavy atom. The van der Waals surface area contributed by atoms with Crippen LogP contribution < -0.4 is 23.8 Å². The molecule has 0 heterocycles. The third-order valence-corrected chi connectivity index (χ3v) is 9.97. The molecule has 0 aromatic heterocycles. The second kappa shape index (κ2) is 17.5. The standard InChI is InChI=1S/C38H44FN3O7S/c1-6-27(3)40-38(44)34(23-28-11-9-8-10-12-28)41(25-29-13-15-30(39)16-14-29)37(43)26-42(31-17-19-32(20-18-31)49-7-2)50(45,46)33-21-22-35(47-4)36(24-33)48-5/h8-22,24,27,34H,6-7,23,25-26H2,1-5H3,(H,40,44)/t27-,34+/m1/s1. The lowest BCUT2D eigenvalue weighted by molar-refractivity contribution is -0.140. The van der Waals surface area contributed by atoms with E-state index in [0.717, 1.165) is 9.87 Å². The van der Waals surface area contributed by atoms with Gasteiger partial charge >= 0.3 is 0 Å². The van der Waals surface area contributed by atoms with Crippen LogP contribution in [0.5, 0.6) is 17.2 Å². The molecule has 0 spiro atoms. The van der Waals surface area contributed by atoms with E-state index < -0.39 is 40.2 Å². The summed E-state index contributed by atoms with van der Waals surface area (Å²) in [6.07, 6.45) is 0.812. The molecule has 12 heteroatoms. The number of benzene rings is 4. The zero-order valence-corrected chi connectivity index (χ0v) is 29.8. The largest absolute Gasteiger partial charge is 0.494 e. The number of halogens is 1. The molecular weight excluding hydrogens is 661 g/mol. The van der Waals surface area contributed by atoms with Crippen molar-refractivity contribution in [1.29, 1.82) is 0 Å². The fraction of sp³-hybridized carbons (Fsp3) is 0.316. The normalized spacial score (nSPS) is 12.4. The van der Waals surface area contributed by atoms with Crippen LogP contribution in [0, 0.1) is 5.82 Å². The van der Waals surface area contributed by atoms with Crippen LogP contribution in [0.15, 0.2) is 102 Å². The van der Waals surface area contributed by atoms with Crippen LogP contribution in [0.2, 0.25) is 0 Å². The van der Waals surface area contributed by atoms with Crippen LogP contribution in [0.3, 0.4) is 0 Å². The predicted molar refractivity (Wildman–Crippen MR) is 190 cm³/mol. The minimum atomic E-state index is -4.41. The minimum absolute atomic E-state index is 0.0853. The molecule has 0 saturated carbocycles. The smallest absolute Gasteiger partial charge is 0.264 e. The van der Waals surface area contributed by atoms with E-state index in [9.17, 15) is 22.4 Å². The SMILES string of the molecule is CCOc1ccc(N(CC(=O)N(Cc2ccc(F)cc2)[C@@H](Cc2ccccc2)C(=O)N[C@H](C)CC)S(=O)(=O)c2ccc(OC)c(OC)c2)cc1. The summed E-state index contributed by atoms with van der Waals surface area (Å²) >= 11 is 0. The third kappa shape index (κ3) is 9.53. The molecule has 0 unspecified atom stereocenters. The number of hydrogen-bond acceptors (Lipinski definition) is 7. The number of ether oxygens (including phenoxy) is 3. The third-order valence-electron chi connectivity index (χ3n) is 8.20. The summed E-state index contributed by atoms with van der Waals surface area (Å²) in [7, 11) is -1.58. The van der Waals surface area contributed by atoms with Crippen LogP contribution >= 0.6 is 0 Å². The summed E-state index contributed by atoms with van der Waals surface area (Å²) in [4.78, 5) is 29.9. The van der Waals surface area contributed by atoms with Crippen molar-refractivity contribution < 1.29 is 36.6 Å². The summed E-state index contributed by atoms with van der Waals surface area (Å²) < 4.78 is 60.1. The highest BCUT2D eigenvalue weighted by Gasteiger charge is 2.35. The molecule has 4 aromatic rings. The van der Waals surface area contributed by atoms with Crippen LogP contribution in [-0.2, 0) is 32.6 Å². The van der Waals surface area contributed by atoms with Crippen molar-refractivity contribution >= 4 is 27.5 Å². The van der Waals surface area contributed by atoms with Gasteiger partial charge in [0.15, 0.2) is 11.5 Å². The average molecular weight is 706 g/mol. The minimum Gasteiger partial charge on any atom is -0.494 e. The average Bonchev–Trinajstić information content (AvgIpc) is 3.13. The quantitative estimate of drug-likeness (QED) is 0.144. The first-order valence-corrected chi connectivity index (χ1v) is 17.8. The van der Waals surface area contributed by atoms with Gasteiger partial charge in [-0.1, -0.05) is 49.4 Å². The predicted octanol–water partition coefficient (Wildman–Crippen LogP) is 5.99. The van der Waals surface area contributed by atoms with E-state index in [1.54, 1.807) is 24.3 Å². The fourth-order valence-electron chi connectivity index (χ4n) is 5.29. The van der Waals surface area contributed by atoms with Crippen LogP contribution in [-0.4, -0.2) is 64.6 Å². The number of sulfonamides is 1. The van der Waals surface area contributed by atoms with E-state index in [-0.39, 0.29) is 35.3 Å². The van der Waals surface area contributed by atoms with Crippen molar-refractivity contribution in [2.75, 3.05) is 31.7 Å². The molecule has 0 aliphatic heterocycles. The molecule has 4 rings (SSSR count). The molecule has 1 N–H and O–H groups in total. The molecule has 50 heavy (non-hydrogen) atoms. The first kappa shape index (κ1) is 37.7. The zero-order valence-electron chi connectivity index (χ0n) is 29.0. The van der Waals surface area contributed by atoms with Crippen molar-refractivity contribution in [3.63, 3.8) is 0 Å². The molecule has 10 nitrogen and oxygen atoms in total. The van der Waals surface area contributed by atoms with E-state index in [2.05, 4.69) is 5.32 Å². The van der Waals surface area contributed by atoms with Gasteiger partial charge in [0.2, 0.25) is 11.8 Å². The molecule has 0 aliphatic carbocycles. The van der Waals surface area contributed by atoms with Crippen molar-refractivity contribution in [2.45, 2.75) is 57.1 Å².